The summed E-state index contributed by atoms with van der Waals surface area (Å²) in [6.07, 6.45) is 3.41. The molecular weight excluding hydrogens is 1600 g/mol. The Bertz CT molecular complexity index is 3380. The normalized spacial score (nSPS) is 17.8. The van der Waals surface area contributed by atoms with Crippen molar-refractivity contribution < 1.29 is 0 Å². The fraction of sp³-hybridized carbons (Fsp3) is 1.00. The van der Waals surface area contributed by atoms with Crippen LogP contribution in [0.25, 0.3) is 0 Å². The zero-order valence-corrected chi connectivity index (χ0v) is 110. The predicted molar refractivity (Wildman–Crippen MR) is 617 cm³/mol. The smallest absolute Gasteiger partial charge is 0.00621 e. The van der Waals surface area contributed by atoms with Crippen LogP contribution in [0.1, 0.15) is 601 Å². The molecule has 0 saturated heterocycles. The highest BCUT2D eigenvalue weighted by Crippen LogP contribution is 2.94. The van der Waals surface area contributed by atoms with Gasteiger partial charge in [0.2, 0.25) is 0 Å². The van der Waals surface area contributed by atoms with Crippen LogP contribution in [0.3, 0.4) is 0 Å². The molecule has 0 heterocycles. The summed E-state index contributed by atoms with van der Waals surface area (Å²) in [5, 5.41) is 0. The van der Waals surface area contributed by atoms with E-state index in [-0.39, 0.29) is 170 Å². The van der Waals surface area contributed by atoms with Crippen molar-refractivity contribution in [3.05, 3.63) is 0 Å². The van der Waals surface area contributed by atoms with Crippen molar-refractivity contribution >= 4 is 0 Å². The highest BCUT2D eigenvalue weighted by Gasteiger charge is 2.89. The number of hydrogen-bond acceptors (Lipinski definition) is 0. The van der Waals surface area contributed by atoms with E-state index < -0.39 is 21.7 Å². The third-order valence-electron chi connectivity index (χ3n) is 43.2. The Morgan fingerprint density at radius 3 is 0.444 bits per heavy atom. The second kappa shape index (κ2) is 40.3. The zero-order chi connectivity index (χ0) is 110. The SMILES string of the molecule is CC(C)C(C(C)(C)C)(C(C)(C)C)C(C(C)(C)C)(C(C)(C)C)C(C)(C(C)(C)C)C(C)(C)C.CC(C)C(C)(C)C.CCCC(C(C(C(C(C(CC)C(C)(C)C(C)C)C(C)(C)C(C)C)C(C)(C)C(C)C)C(C)(C)C(C)C)C(C(C)(C)C)(C(C)(C)C)C(C(C)(C)C)(C(C)(C)C)C(C(C)C)(C(C)(C)C)C(C)(C)C)C(C(C)(C)C)(C(C)(C)C)C(C(C)(C)C)(C(C)(C)C)C(C(C)C)(C(C)(C)C)C(C)(C)C. The molecule has 0 rings (SSSR count). The molecule has 0 radical (unpaired) electrons. The molecule has 0 aliphatic rings. The van der Waals surface area contributed by atoms with E-state index in [0.717, 1.165) is 25.2 Å². The molecule has 0 nitrogen and oxygen atoms in total. The van der Waals surface area contributed by atoms with Crippen LogP contribution in [0.4, 0.5) is 0 Å². The second-order valence-corrected chi connectivity index (χ2v) is 71.3. The van der Waals surface area contributed by atoms with Crippen LogP contribution < -0.4 is 0 Å². The molecule has 0 heteroatoms. The lowest BCUT2D eigenvalue weighted by Gasteiger charge is -2.88. The van der Waals surface area contributed by atoms with Gasteiger partial charge in [0.25, 0.3) is 0 Å². The maximum absolute atomic E-state index is 2.93. The molecule has 6 atom stereocenters. The average molecular weight is 1870 g/mol. The standard InChI is InChI=1S/C95H192.C31H64.C7H16/c1-59-61-69(92(78(27,28)29,79(30,31)32)94(82(39,40)41,83(42,43)44)90(66(11)12,74(15,16)17)75(18,19)20)71(73(89(57,58)65(9)10)72(88(55,56)64(7)8)70(87(53,54)63(5)6)68(60-2)86(51,52)62(3)4)93(80(33,34)35,81(36,37)38)95(84(45,46)47,85(48,49)50)91(67(13)14,76(21,22)23)77(24,25)26;1-22(2)30(25(9,10)11,26(12,13)14)31(27(15,16)17,28(18,19)20)29(21,23(3,4)5)24(6,7)8;1-6(2)7(3,4)5/h62-73H,59-61H2,1-58H3;22H,1-21H3;6H,1-5H3. The fourth-order valence-corrected chi connectivity index (χ4v) is 42.6. The van der Waals surface area contributed by atoms with Crippen molar-refractivity contribution in [1.29, 1.82) is 0 Å². The molecule has 0 bridgehead atoms. The van der Waals surface area contributed by atoms with Crippen LogP contribution in [-0.2, 0) is 0 Å². The van der Waals surface area contributed by atoms with E-state index in [1.54, 1.807) is 0 Å². The minimum absolute atomic E-state index is 0.00116. The Morgan fingerprint density at radius 1 is 0.143 bits per heavy atom. The van der Waals surface area contributed by atoms with Crippen LogP contribution in [0.15, 0.2) is 0 Å². The summed E-state index contributed by atoms with van der Waals surface area (Å²) in [7, 11) is 0. The van der Waals surface area contributed by atoms with Crippen molar-refractivity contribution in [1.82, 2.24) is 0 Å². The molecule has 0 aromatic rings. The Labute approximate surface area is 851 Å². The molecule has 0 spiro atoms. The number of rotatable bonds is 27. The third-order valence-corrected chi connectivity index (χ3v) is 43.2. The second-order valence-electron chi connectivity index (χ2n) is 71.3. The monoisotopic (exact) mass is 1870 g/mol. The van der Waals surface area contributed by atoms with Crippen LogP contribution in [0.5, 0.6) is 0 Å². The van der Waals surface area contributed by atoms with Crippen molar-refractivity contribution in [2.24, 2.45) is 256 Å². The maximum atomic E-state index is 2.93. The predicted octanol–water partition coefficient (Wildman–Crippen LogP) is 46.0. The van der Waals surface area contributed by atoms with Gasteiger partial charge in [-0.05, 0) is 263 Å². The van der Waals surface area contributed by atoms with Gasteiger partial charge in [0.15, 0.2) is 0 Å². The molecule has 0 aliphatic carbocycles. The highest BCUT2D eigenvalue weighted by atomic mass is 14.9. The number of hydrogen-bond donors (Lipinski definition) is 0. The van der Waals surface area contributed by atoms with Gasteiger partial charge in [-0.1, -0.05) is 594 Å². The van der Waals surface area contributed by atoms with E-state index in [9.17, 15) is 0 Å². The first kappa shape index (κ1) is 137. The van der Waals surface area contributed by atoms with E-state index >= 15 is 0 Å². The molecule has 0 aromatic carbocycles. The minimum Gasteiger partial charge on any atom is -0.0654 e. The van der Waals surface area contributed by atoms with Crippen molar-refractivity contribution in [3.8, 4) is 0 Å². The lowest BCUT2D eigenvalue weighted by Crippen LogP contribution is -2.84. The summed E-state index contributed by atoms with van der Waals surface area (Å²) < 4.78 is 0. The molecule has 0 aromatic heterocycles. The molecule has 0 saturated carbocycles. The third kappa shape index (κ3) is 21.1. The largest absolute Gasteiger partial charge is 0.0654 e. The zero-order valence-electron chi connectivity index (χ0n) is 110. The lowest BCUT2D eigenvalue weighted by atomic mass is 9.15. The summed E-state index contributed by atoms with van der Waals surface area (Å²) in [4.78, 5) is 0. The highest BCUT2D eigenvalue weighted by molar-refractivity contribution is 5.36. The van der Waals surface area contributed by atoms with E-state index in [1.807, 2.05) is 0 Å². The summed E-state index contributed by atoms with van der Waals surface area (Å²) >= 11 is 0. The van der Waals surface area contributed by atoms with Gasteiger partial charge in [0, 0.05) is 0 Å². The van der Waals surface area contributed by atoms with Crippen molar-refractivity contribution in [3.63, 3.8) is 0 Å². The van der Waals surface area contributed by atoms with Crippen molar-refractivity contribution in [2.45, 2.75) is 601 Å². The summed E-state index contributed by atoms with van der Waals surface area (Å²) in [6, 6.07) is 0. The fourth-order valence-electron chi connectivity index (χ4n) is 42.6. The molecule has 0 aliphatic heterocycles. The molecule has 0 amide bonds. The molecule has 804 valence electrons. The van der Waals surface area contributed by atoms with Crippen molar-refractivity contribution in [2.75, 3.05) is 0 Å². The van der Waals surface area contributed by atoms with Gasteiger partial charge < -0.3 is 0 Å². The minimum atomic E-state index is -0.481. The maximum Gasteiger partial charge on any atom is -0.00621 e. The van der Waals surface area contributed by atoms with Crippen LogP contribution >= 0.6 is 0 Å². The van der Waals surface area contributed by atoms with Crippen LogP contribution in [0.2, 0.25) is 0 Å². The first-order chi connectivity index (χ1) is 56.7. The summed E-state index contributed by atoms with van der Waals surface area (Å²) in [6.45, 7) is 227. The Morgan fingerprint density at radius 2 is 0.308 bits per heavy atom. The molecule has 133 heavy (non-hydrogen) atoms. The first-order valence-corrected chi connectivity index (χ1v) is 56.7. The van der Waals surface area contributed by atoms with Gasteiger partial charge in [-0.25, -0.2) is 0 Å². The quantitative estimate of drug-likeness (QED) is 0.0769. The Hall–Kier alpha value is 0. The molecule has 0 fully saturated rings. The first-order valence-electron chi connectivity index (χ1n) is 56.7. The Balaban J connectivity index is -0.00000366. The average Bonchev–Trinajstić information content (AvgIpc) is 0.618. The van der Waals surface area contributed by atoms with Gasteiger partial charge in [-0.2, -0.15) is 0 Å². The van der Waals surface area contributed by atoms with Gasteiger partial charge in [0.05, 0.1) is 0 Å². The Kier molecular flexibility index (Phi) is 41.6. The topological polar surface area (TPSA) is 0 Å². The van der Waals surface area contributed by atoms with E-state index in [1.165, 1.54) is 0 Å². The van der Waals surface area contributed by atoms with Gasteiger partial charge in [-0.3, -0.25) is 0 Å². The van der Waals surface area contributed by atoms with Gasteiger partial charge in [0.1, 0.15) is 0 Å². The van der Waals surface area contributed by atoms with E-state index in [0.29, 0.717) is 58.7 Å². The van der Waals surface area contributed by atoms with Crippen LogP contribution in [-0.4, -0.2) is 0 Å². The molecule has 6 unspecified atom stereocenters. The summed E-state index contributed by atoms with van der Waals surface area (Å²) in [5.74, 6) is 5.18. The van der Waals surface area contributed by atoms with Crippen LogP contribution in [0, 0.1) is 256 Å². The van der Waals surface area contributed by atoms with E-state index in [2.05, 4.69) is 582 Å². The van der Waals surface area contributed by atoms with E-state index in [4.69, 9.17) is 0 Å². The summed E-state index contributed by atoms with van der Waals surface area (Å²) in [5.41, 5.74) is -4.41. The molecule has 0 N–H and O–H groups in total. The lowest BCUT2D eigenvalue weighted by molar-refractivity contribution is -0.417. The van der Waals surface area contributed by atoms with Gasteiger partial charge >= 0.3 is 0 Å². The van der Waals surface area contributed by atoms with Gasteiger partial charge in [-0.15, -0.1) is 0 Å². The molecular formula is C133H272.